The van der Waals surface area contributed by atoms with Crippen LogP contribution in [-0.2, 0) is 21.2 Å². The molecule has 1 aliphatic heterocycles. The highest BCUT2D eigenvalue weighted by molar-refractivity contribution is 7.89. The standard InChI is InChI=1S/C22H32N2O3S/c25-22(23-21-16-18-8-9-20(21)15-18)19-10-12-24(13-11-19)28(26,27)14-4-7-17-5-2-1-3-6-17/h1-3,5-6,18-21H,4,7-16H2,(H,23,25)/t18-,20+,21-/m0/s1. The van der Waals surface area contributed by atoms with Crippen molar-refractivity contribution in [1.29, 1.82) is 0 Å². The van der Waals surface area contributed by atoms with E-state index >= 15 is 0 Å². The van der Waals surface area contributed by atoms with Gasteiger partial charge in [0.2, 0.25) is 15.9 Å². The molecule has 28 heavy (non-hydrogen) atoms. The van der Waals surface area contributed by atoms with E-state index < -0.39 is 10.0 Å². The Bertz CT molecular complexity index is 772. The van der Waals surface area contributed by atoms with Gasteiger partial charge in [0, 0.05) is 25.0 Å². The lowest BCUT2D eigenvalue weighted by molar-refractivity contribution is -0.127. The number of nitrogens with one attached hydrogen (secondary N) is 1. The number of hydrogen-bond acceptors (Lipinski definition) is 3. The first-order valence-electron chi connectivity index (χ1n) is 10.8. The van der Waals surface area contributed by atoms with E-state index in [0.717, 1.165) is 18.8 Å². The van der Waals surface area contributed by atoms with Crippen LogP contribution in [0.1, 0.15) is 50.5 Å². The van der Waals surface area contributed by atoms with Gasteiger partial charge >= 0.3 is 0 Å². The van der Waals surface area contributed by atoms with Crippen LogP contribution in [0.2, 0.25) is 0 Å². The van der Waals surface area contributed by atoms with Gasteiger partial charge in [0.05, 0.1) is 5.75 Å². The minimum Gasteiger partial charge on any atom is -0.353 e. The molecule has 1 aromatic rings. The summed E-state index contributed by atoms with van der Waals surface area (Å²) < 4.78 is 26.9. The fourth-order valence-corrected chi connectivity index (χ4v) is 6.89. The SMILES string of the molecule is O=C(N[C@H]1C[C@H]2CC[C@@H]1C2)C1CCN(S(=O)(=O)CCCc2ccccc2)CC1. The quantitative estimate of drug-likeness (QED) is 0.760. The van der Waals surface area contributed by atoms with Gasteiger partial charge in [-0.1, -0.05) is 36.8 Å². The largest absolute Gasteiger partial charge is 0.353 e. The van der Waals surface area contributed by atoms with Crippen molar-refractivity contribution in [3.8, 4) is 0 Å². The zero-order chi connectivity index (χ0) is 19.6. The molecule has 3 atom stereocenters. The molecule has 1 saturated heterocycles. The van der Waals surface area contributed by atoms with E-state index in [2.05, 4.69) is 5.32 Å². The van der Waals surface area contributed by atoms with E-state index in [1.807, 2.05) is 30.3 Å². The molecule has 0 spiro atoms. The van der Waals surface area contributed by atoms with Gasteiger partial charge in [0.25, 0.3) is 0 Å². The smallest absolute Gasteiger partial charge is 0.223 e. The van der Waals surface area contributed by atoms with Gasteiger partial charge in [-0.2, -0.15) is 0 Å². The summed E-state index contributed by atoms with van der Waals surface area (Å²) in [5.41, 5.74) is 1.17. The van der Waals surface area contributed by atoms with E-state index in [4.69, 9.17) is 0 Å². The number of carbonyl (C=O) groups excluding carboxylic acids is 1. The molecule has 2 aliphatic carbocycles. The molecule has 6 heteroatoms. The predicted octanol–water partition coefficient (Wildman–Crippen LogP) is 2.97. The Morgan fingerprint density at radius 2 is 1.79 bits per heavy atom. The third kappa shape index (κ3) is 4.60. The molecular weight excluding hydrogens is 372 g/mol. The molecule has 3 aliphatic rings. The Morgan fingerprint density at radius 3 is 2.43 bits per heavy atom. The Labute approximate surface area is 168 Å². The molecule has 1 aromatic carbocycles. The molecule has 4 rings (SSSR count). The highest BCUT2D eigenvalue weighted by Crippen LogP contribution is 2.44. The van der Waals surface area contributed by atoms with Crippen molar-refractivity contribution in [2.24, 2.45) is 17.8 Å². The van der Waals surface area contributed by atoms with Crippen molar-refractivity contribution >= 4 is 15.9 Å². The number of hydrogen-bond donors (Lipinski definition) is 1. The maximum absolute atomic E-state index is 12.6. The van der Waals surface area contributed by atoms with Gasteiger partial charge in [0.1, 0.15) is 0 Å². The van der Waals surface area contributed by atoms with Crippen molar-refractivity contribution < 1.29 is 13.2 Å². The lowest BCUT2D eigenvalue weighted by Crippen LogP contribution is -2.46. The number of rotatable bonds is 7. The summed E-state index contributed by atoms with van der Waals surface area (Å²) in [7, 11) is -3.23. The van der Waals surface area contributed by atoms with Gasteiger partial charge in [-0.3, -0.25) is 4.79 Å². The number of amides is 1. The topological polar surface area (TPSA) is 66.5 Å². The zero-order valence-electron chi connectivity index (χ0n) is 16.6. The summed E-state index contributed by atoms with van der Waals surface area (Å²) in [5.74, 6) is 1.80. The summed E-state index contributed by atoms with van der Waals surface area (Å²) in [4.78, 5) is 12.6. The molecule has 1 heterocycles. The molecule has 5 nitrogen and oxygen atoms in total. The Balaban J connectivity index is 1.21. The van der Waals surface area contributed by atoms with Gasteiger partial charge in [-0.05, 0) is 62.3 Å². The van der Waals surface area contributed by atoms with Crippen LogP contribution in [0.25, 0.3) is 0 Å². The summed E-state index contributed by atoms with van der Waals surface area (Å²) >= 11 is 0. The molecule has 1 amide bonds. The third-order valence-electron chi connectivity index (χ3n) is 6.99. The van der Waals surface area contributed by atoms with Gasteiger partial charge < -0.3 is 5.32 Å². The predicted molar refractivity (Wildman–Crippen MR) is 110 cm³/mol. The fourth-order valence-electron chi connectivity index (χ4n) is 5.35. The first-order valence-corrected chi connectivity index (χ1v) is 12.4. The van der Waals surface area contributed by atoms with E-state index in [9.17, 15) is 13.2 Å². The first kappa shape index (κ1) is 19.9. The van der Waals surface area contributed by atoms with Crippen LogP contribution in [0.4, 0.5) is 0 Å². The van der Waals surface area contributed by atoms with Crippen LogP contribution in [0.5, 0.6) is 0 Å². The van der Waals surface area contributed by atoms with Crippen LogP contribution in [0.3, 0.4) is 0 Å². The average molecular weight is 405 g/mol. The number of fused-ring (bicyclic) bond motifs is 2. The second-order valence-electron chi connectivity index (χ2n) is 8.87. The van der Waals surface area contributed by atoms with Crippen molar-refractivity contribution in [2.45, 2.75) is 57.4 Å². The second-order valence-corrected chi connectivity index (χ2v) is 11.0. The normalized spacial score (nSPS) is 28.5. The number of carbonyl (C=O) groups is 1. The highest BCUT2D eigenvalue weighted by Gasteiger charge is 2.41. The number of aryl methyl sites for hydroxylation is 1. The molecule has 0 radical (unpaired) electrons. The molecule has 2 saturated carbocycles. The Morgan fingerprint density at radius 1 is 1.04 bits per heavy atom. The Kier molecular flexibility index (Phi) is 6.07. The maximum atomic E-state index is 12.6. The monoisotopic (exact) mass is 404 g/mol. The average Bonchev–Trinajstić information content (AvgIpc) is 3.32. The lowest BCUT2D eigenvalue weighted by atomic mass is 9.93. The second kappa shape index (κ2) is 8.54. The lowest BCUT2D eigenvalue weighted by Gasteiger charge is -2.32. The van der Waals surface area contributed by atoms with Crippen molar-refractivity contribution in [1.82, 2.24) is 9.62 Å². The van der Waals surface area contributed by atoms with Crippen LogP contribution in [-0.4, -0.2) is 43.5 Å². The maximum Gasteiger partial charge on any atom is 0.223 e. The minimum atomic E-state index is -3.23. The van der Waals surface area contributed by atoms with Crippen molar-refractivity contribution in [3.63, 3.8) is 0 Å². The molecule has 1 N–H and O–H groups in total. The van der Waals surface area contributed by atoms with Crippen LogP contribution >= 0.6 is 0 Å². The molecule has 2 bridgehead atoms. The highest BCUT2D eigenvalue weighted by atomic mass is 32.2. The number of piperidine rings is 1. The number of nitrogens with zero attached hydrogens (tertiary/aromatic N) is 1. The van der Waals surface area contributed by atoms with Crippen LogP contribution < -0.4 is 5.32 Å². The molecular formula is C22H32N2O3S. The molecule has 0 unspecified atom stereocenters. The summed E-state index contributed by atoms with van der Waals surface area (Å²) in [6, 6.07) is 10.4. The summed E-state index contributed by atoms with van der Waals surface area (Å²) in [6.07, 6.45) is 7.72. The van der Waals surface area contributed by atoms with Gasteiger partial charge in [0.15, 0.2) is 0 Å². The summed E-state index contributed by atoms with van der Waals surface area (Å²) in [5, 5.41) is 3.28. The van der Waals surface area contributed by atoms with E-state index in [-0.39, 0.29) is 17.6 Å². The van der Waals surface area contributed by atoms with E-state index in [1.54, 1.807) is 4.31 Å². The van der Waals surface area contributed by atoms with Gasteiger partial charge in [-0.25, -0.2) is 12.7 Å². The van der Waals surface area contributed by atoms with Crippen LogP contribution in [0.15, 0.2) is 30.3 Å². The minimum absolute atomic E-state index is 0.0325. The first-order chi connectivity index (χ1) is 13.5. The van der Waals surface area contributed by atoms with Crippen molar-refractivity contribution in [3.05, 3.63) is 35.9 Å². The zero-order valence-corrected chi connectivity index (χ0v) is 17.4. The van der Waals surface area contributed by atoms with E-state index in [0.29, 0.717) is 44.3 Å². The van der Waals surface area contributed by atoms with Gasteiger partial charge in [-0.15, -0.1) is 0 Å². The Hall–Kier alpha value is -1.40. The fraction of sp³-hybridized carbons (Fsp3) is 0.682. The summed E-state index contributed by atoms with van der Waals surface area (Å²) in [6.45, 7) is 0.949. The number of benzene rings is 1. The van der Waals surface area contributed by atoms with E-state index in [1.165, 1.54) is 24.8 Å². The molecule has 0 aromatic heterocycles. The molecule has 154 valence electrons. The van der Waals surface area contributed by atoms with Crippen molar-refractivity contribution in [2.75, 3.05) is 18.8 Å². The molecule has 3 fully saturated rings. The van der Waals surface area contributed by atoms with Crippen LogP contribution in [0, 0.1) is 17.8 Å². The number of sulfonamides is 1. The third-order valence-corrected chi connectivity index (χ3v) is 8.95.